The van der Waals surface area contributed by atoms with Crippen LogP contribution in [0.1, 0.15) is 0 Å². The summed E-state index contributed by atoms with van der Waals surface area (Å²) in [6.07, 6.45) is 0. The van der Waals surface area contributed by atoms with Crippen molar-refractivity contribution < 1.29 is 8.39 Å². The Morgan fingerprint density at radius 2 is 1.50 bits per heavy atom. The fourth-order valence-electron chi connectivity index (χ4n) is 0. The average Bonchev–Trinajstić information content (AvgIpc) is 0.811. The van der Waals surface area contributed by atoms with Gasteiger partial charge in [0.15, 0.2) is 11.2 Å². The molecule has 0 nitrogen and oxygen atoms in total. The van der Waals surface area contributed by atoms with Crippen molar-refractivity contribution in [2.24, 2.45) is 0 Å². The van der Waals surface area contributed by atoms with Crippen molar-refractivity contribution in [3.8, 4) is 0 Å². The lowest BCUT2D eigenvalue weighted by Gasteiger charge is -1.48. The van der Waals surface area contributed by atoms with Gasteiger partial charge in [-0.25, -0.2) is 0 Å². The van der Waals surface area contributed by atoms with Crippen LogP contribution in [-0.2, 0) is 0 Å². The SMILES string of the molecule is F[PH+](F)Cl. The highest BCUT2D eigenvalue weighted by molar-refractivity contribution is 7.75. The maximum absolute atomic E-state index is 10.2. The van der Waals surface area contributed by atoms with Crippen LogP contribution in [-0.4, -0.2) is 0 Å². The topological polar surface area (TPSA) is 0 Å². The Labute approximate surface area is 28.5 Å². The van der Waals surface area contributed by atoms with Gasteiger partial charge in [0.25, 0.3) is 0 Å². The second-order valence-corrected chi connectivity index (χ2v) is 1.50. The van der Waals surface area contributed by atoms with Crippen molar-refractivity contribution in [1.29, 1.82) is 0 Å². The van der Waals surface area contributed by atoms with Crippen LogP contribution in [0.25, 0.3) is 0 Å². The molecule has 0 fully saturated rings. The van der Waals surface area contributed by atoms with E-state index >= 15 is 0 Å². The van der Waals surface area contributed by atoms with Crippen molar-refractivity contribution >= 4 is 19.1 Å². The van der Waals surface area contributed by atoms with Gasteiger partial charge in [0, 0.05) is 0 Å². The lowest BCUT2D eigenvalue weighted by molar-refractivity contribution is 0.773. The lowest BCUT2D eigenvalue weighted by Crippen LogP contribution is -1.06. The summed E-state index contributed by atoms with van der Waals surface area (Å²) >= 11 is 4.04. The Morgan fingerprint density at radius 3 is 1.50 bits per heavy atom. The molecule has 0 rings (SSSR count). The molecular formula is HClF2P+. The predicted octanol–water partition coefficient (Wildman–Crippen LogP) is 2.12. The quantitative estimate of drug-likeness (QED) is 0.414. The van der Waals surface area contributed by atoms with Crippen LogP contribution in [0.4, 0.5) is 8.39 Å². The van der Waals surface area contributed by atoms with Crippen molar-refractivity contribution in [2.45, 2.75) is 0 Å². The minimum absolute atomic E-state index is 3.41. The summed E-state index contributed by atoms with van der Waals surface area (Å²) in [6.45, 7) is 0. The molecule has 26 valence electrons. The number of halogens is 3. The summed E-state index contributed by atoms with van der Waals surface area (Å²) in [5.74, 6) is 0. The third kappa shape index (κ3) is 19.1. The molecule has 0 bridgehead atoms. The number of rotatable bonds is 0. The Hall–Kier alpha value is 0.580. The maximum Gasteiger partial charge on any atom is 0.472 e. The molecule has 0 spiro atoms. The Kier molecular flexibility index (Phi) is 2.13. The van der Waals surface area contributed by atoms with Crippen molar-refractivity contribution in [2.75, 3.05) is 0 Å². The third-order valence-corrected chi connectivity index (χ3v) is 0. The Morgan fingerprint density at radius 1 is 1.50 bits per heavy atom. The van der Waals surface area contributed by atoms with E-state index in [4.69, 9.17) is 0 Å². The van der Waals surface area contributed by atoms with Gasteiger partial charge in [0.2, 0.25) is 0 Å². The van der Waals surface area contributed by atoms with Gasteiger partial charge >= 0.3 is 7.90 Å². The zero-order valence-electron chi connectivity index (χ0n) is 1.63. The average molecular weight is 105 g/mol. The summed E-state index contributed by atoms with van der Waals surface area (Å²) in [5, 5.41) is 0. The van der Waals surface area contributed by atoms with E-state index in [0.717, 1.165) is 0 Å². The monoisotopic (exact) mass is 105 g/mol. The molecule has 0 atom stereocenters. The second kappa shape index (κ2) is 1.86. The minimum atomic E-state index is -3.41. The fraction of sp³-hybridized carbons (Fsp3) is 0. The van der Waals surface area contributed by atoms with Crippen LogP contribution in [0.3, 0.4) is 0 Å². The van der Waals surface area contributed by atoms with Gasteiger partial charge in [-0.05, 0) is 8.39 Å². The van der Waals surface area contributed by atoms with E-state index in [-0.39, 0.29) is 0 Å². The van der Waals surface area contributed by atoms with Gasteiger partial charge in [-0.15, -0.1) is 0 Å². The Bertz CT molecular complexity index is 10.8. The molecule has 0 aliphatic heterocycles. The standard InChI is InChI=1S/ClF2P/c1-4(2)3/p+1. The first-order chi connectivity index (χ1) is 1.73. The smallest absolute Gasteiger partial charge is 0.00499 e. The molecule has 4 heteroatoms. The highest BCUT2D eigenvalue weighted by Gasteiger charge is 2.01. The highest BCUT2D eigenvalue weighted by atomic mass is 35.7. The zero-order chi connectivity index (χ0) is 3.58. The molecule has 0 aromatic carbocycles. The van der Waals surface area contributed by atoms with Gasteiger partial charge in [0.1, 0.15) is 0 Å². The highest BCUT2D eigenvalue weighted by Crippen LogP contribution is 2.43. The first-order valence-electron chi connectivity index (χ1n) is 0.567. The van der Waals surface area contributed by atoms with Gasteiger partial charge in [-0.2, -0.15) is 0 Å². The summed E-state index contributed by atoms with van der Waals surface area (Å²) in [5.41, 5.74) is 0. The molecule has 0 saturated heterocycles. The molecule has 0 aromatic rings. The van der Waals surface area contributed by atoms with E-state index in [1.165, 1.54) is 0 Å². The molecular weight excluding hydrogens is 104 g/mol. The molecule has 0 heterocycles. The normalized spacial score (nSPS) is 9.00. The minimum Gasteiger partial charge on any atom is -0.00499 e. The van der Waals surface area contributed by atoms with Crippen LogP contribution < -0.4 is 0 Å². The predicted molar refractivity (Wildman–Crippen MR) is 16.4 cm³/mol. The maximum atomic E-state index is 10.2. The van der Waals surface area contributed by atoms with Crippen LogP contribution in [0, 0.1) is 0 Å². The first kappa shape index (κ1) is 4.58. The van der Waals surface area contributed by atoms with E-state index in [9.17, 15) is 8.39 Å². The molecule has 0 aliphatic rings. The number of hydrogen-bond acceptors (Lipinski definition) is 0. The van der Waals surface area contributed by atoms with Crippen LogP contribution >= 0.6 is 19.1 Å². The van der Waals surface area contributed by atoms with E-state index in [2.05, 4.69) is 11.2 Å². The van der Waals surface area contributed by atoms with Gasteiger partial charge in [0.05, 0.1) is 0 Å². The van der Waals surface area contributed by atoms with Crippen molar-refractivity contribution in [1.82, 2.24) is 0 Å². The third-order valence-electron chi connectivity index (χ3n) is 0. The van der Waals surface area contributed by atoms with Gasteiger partial charge in [-0.3, -0.25) is 0 Å². The van der Waals surface area contributed by atoms with E-state index < -0.39 is 7.90 Å². The van der Waals surface area contributed by atoms with Crippen molar-refractivity contribution in [3.63, 3.8) is 0 Å². The van der Waals surface area contributed by atoms with Crippen molar-refractivity contribution in [3.05, 3.63) is 0 Å². The van der Waals surface area contributed by atoms with Crippen LogP contribution in [0.5, 0.6) is 0 Å². The fourth-order valence-corrected chi connectivity index (χ4v) is 0. The lowest BCUT2D eigenvalue weighted by atomic mass is 18.8. The molecule has 0 aliphatic carbocycles. The largest absolute Gasteiger partial charge is 0.472 e. The molecule has 0 N–H and O–H groups in total. The molecule has 0 radical (unpaired) electrons. The van der Waals surface area contributed by atoms with E-state index in [0.29, 0.717) is 0 Å². The van der Waals surface area contributed by atoms with Gasteiger partial charge < -0.3 is 0 Å². The summed E-state index contributed by atoms with van der Waals surface area (Å²) < 4.78 is 20.4. The zero-order valence-corrected chi connectivity index (χ0v) is 3.39. The van der Waals surface area contributed by atoms with Crippen LogP contribution in [0.2, 0.25) is 0 Å². The van der Waals surface area contributed by atoms with E-state index in [1.807, 2.05) is 0 Å². The molecule has 4 heavy (non-hydrogen) atoms. The van der Waals surface area contributed by atoms with Crippen LogP contribution in [0.15, 0.2) is 0 Å². The first-order valence-corrected chi connectivity index (χ1v) is 2.83. The molecule has 0 saturated carbocycles. The van der Waals surface area contributed by atoms with Gasteiger partial charge in [-0.1, -0.05) is 0 Å². The van der Waals surface area contributed by atoms with E-state index in [1.54, 1.807) is 0 Å². The summed E-state index contributed by atoms with van der Waals surface area (Å²) in [7, 11) is -3.41. The number of hydrogen-bond donors (Lipinski definition) is 0. The molecule has 0 unspecified atom stereocenters. The molecule has 0 amide bonds. The summed E-state index contributed by atoms with van der Waals surface area (Å²) in [6, 6.07) is 0. The Balaban J connectivity index is 2.32. The summed E-state index contributed by atoms with van der Waals surface area (Å²) in [4.78, 5) is 0. The second-order valence-electron chi connectivity index (χ2n) is 0.214. The molecule has 0 aromatic heterocycles.